The van der Waals surface area contributed by atoms with E-state index in [1.54, 1.807) is 13.8 Å². The number of anilines is 1. The number of ether oxygens (including phenoxy) is 1. The lowest BCUT2D eigenvalue weighted by atomic mass is 9.86. The largest absolute Gasteiger partial charge is 0.490 e. The summed E-state index contributed by atoms with van der Waals surface area (Å²) in [4.78, 5) is 22.1. The molecule has 0 saturated heterocycles. The summed E-state index contributed by atoms with van der Waals surface area (Å²) < 4.78 is 4.94. The maximum absolute atomic E-state index is 11.7. The topological polar surface area (TPSA) is 81.5 Å². The van der Waals surface area contributed by atoms with E-state index in [1.807, 2.05) is 0 Å². The van der Waals surface area contributed by atoms with Gasteiger partial charge in [0, 0.05) is 17.8 Å². The van der Waals surface area contributed by atoms with Crippen LogP contribution in [0.25, 0.3) is 0 Å². The highest BCUT2D eigenvalue weighted by Gasteiger charge is 2.40. The molecular weight excluding hydrogens is 224 g/mol. The van der Waals surface area contributed by atoms with Crippen molar-refractivity contribution in [3.63, 3.8) is 0 Å². The lowest BCUT2D eigenvalue weighted by Crippen LogP contribution is -2.26. The Morgan fingerprint density at radius 1 is 1.41 bits per heavy atom. The van der Waals surface area contributed by atoms with Crippen LogP contribution in [0.3, 0.4) is 0 Å². The Hall–Kier alpha value is -2.11. The van der Waals surface area contributed by atoms with Crippen LogP contribution in [0, 0.1) is 10.1 Å². The molecule has 1 N–H and O–H groups in total. The number of carbonyl (C=O) groups is 1. The predicted octanol–water partition coefficient (Wildman–Crippen LogP) is 1.83. The molecule has 0 radical (unpaired) electrons. The molecule has 0 bridgehead atoms. The molecule has 0 saturated carbocycles. The molecule has 1 aliphatic rings. The van der Waals surface area contributed by atoms with Crippen LogP contribution >= 0.6 is 0 Å². The third-order valence-electron chi connectivity index (χ3n) is 3.00. The minimum Gasteiger partial charge on any atom is -0.490 e. The van der Waals surface area contributed by atoms with Gasteiger partial charge in [0.25, 0.3) is 0 Å². The Kier molecular flexibility index (Phi) is 2.30. The van der Waals surface area contributed by atoms with Crippen molar-refractivity contribution < 1.29 is 14.5 Å². The molecule has 1 amide bonds. The van der Waals surface area contributed by atoms with Crippen LogP contribution in [0.15, 0.2) is 12.1 Å². The summed E-state index contributed by atoms with van der Waals surface area (Å²) in [6.07, 6.45) is 0. The molecule has 0 aromatic heterocycles. The fourth-order valence-corrected chi connectivity index (χ4v) is 1.90. The number of nitro benzene ring substituents is 1. The molecule has 1 heterocycles. The molecule has 0 atom stereocenters. The van der Waals surface area contributed by atoms with Gasteiger partial charge in [-0.05, 0) is 19.4 Å². The number of fused-ring (bicyclic) bond motifs is 1. The second-order valence-corrected chi connectivity index (χ2v) is 4.41. The van der Waals surface area contributed by atoms with Crippen molar-refractivity contribution >= 4 is 17.3 Å². The van der Waals surface area contributed by atoms with E-state index in [1.165, 1.54) is 19.2 Å². The highest BCUT2D eigenvalue weighted by Crippen LogP contribution is 2.43. The zero-order chi connectivity index (χ0) is 12.8. The molecule has 0 spiro atoms. The van der Waals surface area contributed by atoms with E-state index in [4.69, 9.17) is 4.74 Å². The number of hydrogen-bond acceptors (Lipinski definition) is 4. The second kappa shape index (κ2) is 3.44. The first-order valence-electron chi connectivity index (χ1n) is 5.06. The van der Waals surface area contributed by atoms with Gasteiger partial charge in [-0.2, -0.15) is 0 Å². The average molecular weight is 236 g/mol. The van der Waals surface area contributed by atoms with Crippen LogP contribution in [-0.4, -0.2) is 17.9 Å². The fourth-order valence-electron chi connectivity index (χ4n) is 1.90. The maximum Gasteiger partial charge on any atom is 0.311 e. The van der Waals surface area contributed by atoms with E-state index < -0.39 is 10.3 Å². The van der Waals surface area contributed by atoms with Crippen LogP contribution in [0.2, 0.25) is 0 Å². The lowest BCUT2D eigenvalue weighted by molar-refractivity contribution is -0.385. The van der Waals surface area contributed by atoms with Gasteiger partial charge in [-0.3, -0.25) is 14.9 Å². The molecule has 0 unspecified atom stereocenters. The van der Waals surface area contributed by atoms with Crippen LogP contribution in [0.1, 0.15) is 19.4 Å². The minimum atomic E-state index is -0.758. The Bertz CT molecular complexity index is 522. The number of nitro groups is 1. The lowest BCUT2D eigenvalue weighted by Gasteiger charge is -2.14. The Morgan fingerprint density at radius 2 is 2.06 bits per heavy atom. The highest BCUT2D eigenvalue weighted by molar-refractivity contribution is 6.06. The first-order chi connectivity index (χ1) is 7.87. The van der Waals surface area contributed by atoms with Crippen molar-refractivity contribution in [3.05, 3.63) is 27.8 Å². The number of amides is 1. The van der Waals surface area contributed by atoms with E-state index in [-0.39, 0.29) is 17.3 Å². The maximum atomic E-state index is 11.7. The zero-order valence-corrected chi connectivity index (χ0v) is 9.73. The van der Waals surface area contributed by atoms with Crippen molar-refractivity contribution in [2.45, 2.75) is 19.3 Å². The van der Waals surface area contributed by atoms with Gasteiger partial charge in [-0.1, -0.05) is 0 Å². The van der Waals surface area contributed by atoms with Crippen molar-refractivity contribution in [3.8, 4) is 5.75 Å². The van der Waals surface area contributed by atoms with E-state index in [9.17, 15) is 14.9 Å². The van der Waals surface area contributed by atoms with Crippen LogP contribution in [0.5, 0.6) is 5.75 Å². The minimum absolute atomic E-state index is 0.129. The van der Waals surface area contributed by atoms with Gasteiger partial charge in [0.1, 0.15) is 0 Å². The molecule has 90 valence electrons. The standard InChI is InChI=1S/C11H12N2O4/c1-11(2)6-4-8(13(15)16)9(17-3)5-7(6)12-10(11)14/h4-5H,1-3H3,(H,12,14). The first-order valence-corrected chi connectivity index (χ1v) is 5.06. The molecule has 2 rings (SSSR count). The van der Waals surface area contributed by atoms with Crippen molar-refractivity contribution in [2.24, 2.45) is 0 Å². The van der Waals surface area contributed by atoms with Crippen LogP contribution in [0.4, 0.5) is 11.4 Å². The highest BCUT2D eigenvalue weighted by atomic mass is 16.6. The van der Waals surface area contributed by atoms with E-state index >= 15 is 0 Å². The summed E-state index contributed by atoms with van der Waals surface area (Å²) >= 11 is 0. The van der Waals surface area contributed by atoms with Crippen molar-refractivity contribution in [2.75, 3.05) is 12.4 Å². The van der Waals surface area contributed by atoms with Gasteiger partial charge >= 0.3 is 5.69 Å². The summed E-state index contributed by atoms with van der Waals surface area (Å²) in [6, 6.07) is 2.88. The number of nitrogens with one attached hydrogen (secondary N) is 1. The number of nitrogens with zero attached hydrogens (tertiary/aromatic N) is 1. The number of methoxy groups -OCH3 is 1. The van der Waals surface area contributed by atoms with Crippen LogP contribution in [-0.2, 0) is 10.2 Å². The summed E-state index contributed by atoms with van der Waals surface area (Å²) in [6.45, 7) is 3.45. The smallest absolute Gasteiger partial charge is 0.311 e. The summed E-state index contributed by atoms with van der Waals surface area (Å²) in [7, 11) is 1.36. The third kappa shape index (κ3) is 1.52. The Balaban J connectivity index is 2.67. The number of benzene rings is 1. The number of hydrogen-bond donors (Lipinski definition) is 1. The molecular formula is C11H12N2O4. The van der Waals surface area contributed by atoms with Crippen LogP contribution < -0.4 is 10.1 Å². The van der Waals surface area contributed by atoms with Gasteiger partial charge in [0.15, 0.2) is 5.75 Å². The first kappa shape index (κ1) is 11.4. The van der Waals surface area contributed by atoms with Gasteiger partial charge in [0.05, 0.1) is 17.4 Å². The normalized spacial score (nSPS) is 16.3. The average Bonchev–Trinajstić information content (AvgIpc) is 2.48. The summed E-state index contributed by atoms with van der Waals surface area (Å²) in [5.74, 6) is -0.0261. The molecule has 1 aliphatic heterocycles. The van der Waals surface area contributed by atoms with E-state index in [0.717, 1.165) is 0 Å². The third-order valence-corrected chi connectivity index (χ3v) is 3.00. The molecule has 1 aromatic rings. The van der Waals surface area contributed by atoms with Gasteiger partial charge in [-0.25, -0.2) is 0 Å². The molecule has 6 heteroatoms. The molecule has 0 aliphatic carbocycles. The van der Waals surface area contributed by atoms with E-state index in [2.05, 4.69) is 5.32 Å². The number of carbonyl (C=O) groups excluding carboxylic acids is 1. The molecule has 0 fully saturated rings. The van der Waals surface area contributed by atoms with Crippen molar-refractivity contribution in [1.29, 1.82) is 0 Å². The monoisotopic (exact) mass is 236 g/mol. The predicted molar refractivity (Wildman–Crippen MR) is 61.3 cm³/mol. The zero-order valence-electron chi connectivity index (χ0n) is 9.73. The molecule has 1 aromatic carbocycles. The van der Waals surface area contributed by atoms with Gasteiger partial charge in [0.2, 0.25) is 5.91 Å². The molecule has 17 heavy (non-hydrogen) atoms. The van der Waals surface area contributed by atoms with Gasteiger partial charge < -0.3 is 10.1 Å². The second-order valence-electron chi connectivity index (χ2n) is 4.41. The Morgan fingerprint density at radius 3 is 2.59 bits per heavy atom. The fraction of sp³-hybridized carbons (Fsp3) is 0.364. The SMILES string of the molecule is COc1cc2c(cc1[N+](=O)[O-])C(C)(C)C(=O)N2. The summed E-state index contributed by atoms with van der Waals surface area (Å²) in [5.41, 5.74) is 0.306. The van der Waals surface area contributed by atoms with Crippen molar-refractivity contribution in [1.82, 2.24) is 0 Å². The summed E-state index contributed by atoms with van der Waals surface area (Å²) in [5, 5.41) is 13.6. The molecule has 6 nitrogen and oxygen atoms in total. The Labute approximate surface area is 97.7 Å². The quantitative estimate of drug-likeness (QED) is 0.627. The number of rotatable bonds is 2. The van der Waals surface area contributed by atoms with Gasteiger partial charge in [-0.15, -0.1) is 0 Å². The van der Waals surface area contributed by atoms with E-state index in [0.29, 0.717) is 11.3 Å².